The summed E-state index contributed by atoms with van der Waals surface area (Å²) in [7, 11) is 0. The van der Waals surface area contributed by atoms with Gasteiger partial charge in [-0.25, -0.2) is 0 Å². The fourth-order valence-electron chi connectivity index (χ4n) is 3.34. The van der Waals surface area contributed by atoms with Gasteiger partial charge >= 0.3 is 0 Å². The molecule has 5 nitrogen and oxygen atoms in total. The molecule has 96 valence electrons. The summed E-state index contributed by atoms with van der Waals surface area (Å²) < 4.78 is 0. The van der Waals surface area contributed by atoms with E-state index in [2.05, 4.69) is 5.32 Å². The fourth-order valence-corrected chi connectivity index (χ4v) is 3.68. The van der Waals surface area contributed by atoms with Crippen molar-refractivity contribution in [3.8, 4) is 6.07 Å². The van der Waals surface area contributed by atoms with Crippen LogP contribution in [0.15, 0.2) is 0 Å². The zero-order chi connectivity index (χ0) is 13.3. The molecule has 0 bridgehead atoms. The van der Waals surface area contributed by atoms with Gasteiger partial charge in [-0.3, -0.25) is 14.9 Å². The maximum Gasteiger partial charge on any atom is 0.244 e. The number of nitrogens with two attached hydrogens (primary N) is 1. The standard InChI is InChI=1S/C12H15N3O2S/c13-6-7-10(16)15-11(17)8(9(14)18)12(7)4-2-1-3-5-12/h7-8H,1-5H2,(H2,14,18)(H,15,16,17)/t7-,8-/m1/s1. The van der Waals surface area contributed by atoms with Crippen LogP contribution >= 0.6 is 12.2 Å². The first kappa shape index (κ1) is 13.0. The van der Waals surface area contributed by atoms with Gasteiger partial charge in [0.1, 0.15) is 5.92 Å². The summed E-state index contributed by atoms with van der Waals surface area (Å²) in [5.41, 5.74) is 4.99. The number of nitriles is 1. The van der Waals surface area contributed by atoms with Crippen LogP contribution in [-0.2, 0) is 9.59 Å². The van der Waals surface area contributed by atoms with E-state index in [9.17, 15) is 14.9 Å². The van der Waals surface area contributed by atoms with Gasteiger partial charge < -0.3 is 5.73 Å². The quantitative estimate of drug-likeness (QED) is 0.535. The van der Waals surface area contributed by atoms with E-state index in [4.69, 9.17) is 18.0 Å². The number of carbonyl (C=O) groups is 2. The number of nitrogens with one attached hydrogen (secondary N) is 1. The monoisotopic (exact) mass is 265 g/mol. The largest absolute Gasteiger partial charge is 0.393 e. The van der Waals surface area contributed by atoms with Gasteiger partial charge in [0.25, 0.3) is 0 Å². The SMILES string of the molecule is N#C[C@@H]1C(=O)NC(=O)[C@@H](C(N)=S)C12CCCCC2. The molecule has 0 aromatic rings. The fraction of sp³-hybridized carbons (Fsp3) is 0.667. The number of amides is 2. The Morgan fingerprint density at radius 3 is 2.44 bits per heavy atom. The molecule has 2 aliphatic rings. The summed E-state index contributed by atoms with van der Waals surface area (Å²) in [5.74, 6) is -2.48. The van der Waals surface area contributed by atoms with Crippen LogP contribution in [0.1, 0.15) is 32.1 Å². The molecule has 18 heavy (non-hydrogen) atoms. The van der Waals surface area contributed by atoms with Gasteiger partial charge in [0.05, 0.1) is 17.0 Å². The van der Waals surface area contributed by atoms with Crippen LogP contribution < -0.4 is 11.1 Å². The lowest BCUT2D eigenvalue weighted by molar-refractivity contribution is -0.146. The van der Waals surface area contributed by atoms with E-state index in [1.54, 1.807) is 0 Å². The molecular weight excluding hydrogens is 250 g/mol. The Morgan fingerprint density at radius 1 is 1.33 bits per heavy atom. The van der Waals surface area contributed by atoms with Crippen LogP contribution in [0.3, 0.4) is 0 Å². The molecule has 2 rings (SSSR count). The molecule has 1 spiro atoms. The van der Waals surface area contributed by atoms with Gasteiger partial charge in [-0.2, -0.15) is 5.26 Å². The second-order valence-corrected chi connectivity index (χ2v) is 5.52. The van der Waals surface area contributed by atoms with Crippen molar-refractivity contribution in [3.05, 3.63) is 0 Å². The summed E-state index contributed by atoms with van der Waals surface area (Å²) in [6.45, 7) is 0. The smallest absolute Gasteiger partial charge is 0.244 e. The molecule has 6 heteroatoms. The maximum absolute atomic E-state index is 12.0. The Labute approximate surface area is 111 Å². The number of imide groups is 1. The predicted molar refractivity (Wildman–Crippen MR) is 68.0 cm³/mol. The first-order valence-electron chi connectivity index (χ1n) is 6.06. The average Bonchev–Trinajstić information content (AvgIpc) is 2.29. The number of nitrogens with zero attached hydrogens (tertiary/aromatic N) is 1. The molecule has 0 radical (unpaired) electrons. The predicted octanol–water partition coefficient (Wildman–Crippen LogP) is 0.635. The average molecular weight is 265 g/mol. The Kier molecular flexibility index (Phi) is 3.35. The number of piperidine rings is 1. The molecule has 2 atom stereocenters. The minimum Gasteiger partial charge on any atom is -0.393 e. The number of thiocarbonyl (C=S) groups is 1. The zero-order valence-corrected chi connectivity index (χ0v) is 10.8. The van der Waals surface area contributed by atoms with Crippen LogP contribution in [0.5, 0.6) is 0 Å². The van der Waals surface area contributed by atoms with Crippen molar-refractivity contribution in [1.82, 2.24) is 5.32 Å². The van der Waals surface area contributed by atoms with Crippen molar-refractivity contribution < 1.29 is 9.59 Å². The third kappa shape index (κ3) is 1.79. The third-order valence-electron chi connectivity index (χ3n) is 4.12. The van der Waals surface area contributed by atoms with Crippen LogP contribution in [0.4, 0.5) is 0 Å². The van der Waals surface area contributed by atoms with Gasteiger partial charge in [0, 0.05) is 5.41 Å². The summed E-state index contributed by atoms with van der Waals surface area (Å²) in [4.78, 5) is 23.9. The molecule has 2 fully saturated rings. The molecule has 1 saturated heterocycles. The summed E-state index contributed by atoms with van der Waals surface area (Å²) >= 11 is 4.98. The lowest BCUT2D eigenvalue weighted by atomic mass is 9.57. The van der Waals surface area contributed by atoms with E-state index >= 15 is 0 Å². The molecule has 2 amide bonds. The lowest BCUT2D eigenvalue weighted by Gasteiger charge is -2.47. The molecule has 0 aromatic carbocycles. The van der Waals surface area contributed by atoms with Crippen molar-refractivity contribution in [1.29, 1.82) is 5.26 Å². The number of hydrogen-bond donors (Lipinski definition) is 2. The molecule has 1 aliphatic carbocycles. The Balaban J connectivity index is 2.49. The van der Waals surface area contributed by atoms with Crippen molar-refractivity contribution in [2.45, 2.75) is 32.1 Å². The summed E-state index contributed by atoms with van der Waals surface area (Å²) in [6, 6.07) is 2.04. The first-order chi connectivity index (χ1) is 8.53. The highest BCUT2D eigenvalue weighted by Crippen LogP contribution is 2.50. The molecular formula is C12H15N3O2S. The normalized spacial score (nSPS) is 30.6. The maximum atomic E-state index is 12.0. The van der Waals surface area contributed by atoms with Crippen molar-refractivity contribution in [2.75, 3.05) is 0 Å². The van der Waals surface area contributed by atoms with Gasteiger partial charge in [-0.15, -0.1) is 0 Å². The van der Waals surface area contributed by atoms with E-state index in [0.717, 1.165) is 19.3 Å². The van der Waals surface area contributed by atoms with Gasteiger partial charge in [-0.1, -0.05) is 31.5 Å². The van der Waals surface area contributed by atoms with E-state index in [0.29, 0.717) is 12.8 Å². The molecule has 1 aliphatic heterocycles. The number of carbonyl (C=O) groups excluding carboxylic acids is 2. The van der Waals surface area contributed by atoms with Crippen LogP contribution in [0, 0.1) is 28.6 Å². The molecule has 0 unspecified atom stereocenters. The molecule has 0 aromatic heterocycles. The topological polar surface area (TPSA) is 96.0 Å². The van der Waals surface area contributed by atoms with E-state index in [1.807, 2.05) is 6.07 Å². The van der Waals surface area contributed by atoms with Gasteiger partial charge in [-0.05, 0) is 12.8 Å². The second-order valence-electron chi connectivity index (χ2n) is 5.04. The third-order valence-corrected chi connectivity index (χ3v) is 4.35. The minimum absolute atomic E-state index is 0.0853. The molecule has 1 saturated carbocycles. The summed E-state index contributed by atoms with van der Waals surface area (Å²) in [6.07, 6.45) is 4.17. The Morgan fingerprint density at radius 2 is 1.94 bits per heavy atom. The van der Waals surface area contributed by atoms with E-state index in [1.165, 1.54) is 0 Å². The summed E-state index contributed by atoms with van der Waals surface area (Å²) in [5, 5.41) is 11.5. The van der Waals surface area contributed by atoms with Crippen LogP contribution in [0.2, 0.25) is 0 Å². The number of hydrogen-bond acceptors (Lipinski definition) is 4. The van der Waals surface area contributed by atoms with Crippen LogP contribution in [0.25, 0.3) is 0 Å². The minimum atomic E-state index is -0.831. The van der Waals surface area contributed by atoms with Crippen molar-refractivity contribution in [3.63, 3.8) is 0 Å². The highest BCUT2D eigenvalue weighted by atomic mass is 32.1. The Bertz CT molecular complexity index is 449. The van der Waals surface area contributed by atoms with Crippen molar-refractivity contribution in [2.24, 2.45) is 23.0 Å². The van der Waals surface area contributed by atoms with Crippen LogP contribution in [-0.4, -0.2) is 16.8 Å². The lowest BCUT2D eigenvalue weighted by Crippen LogP contribution is -2.61. The zero-order valence-electron chi connectivity index (χ0n) is 9.94. The highest BCUT2D eigenvalue weighted by molar-refractivity contribution is 7.80. The van der Waals surface area contributed by atoms with E-state index < -0.39 is 29.1 Å². The highest BCUT2D eigenvalue weighted by Gasteiger charge is 2.56. The molecule has 1 heterocycles. The molecule has 3 N–H and O–H groups in total. The van der Waals surface area contributed by atoms with E-state index in [-0.39, 0.29) is 4.99 Å². The van der Waals surface area contributed by atoms with Gasteiger partial charge in [0.2, 0.25) is 11.8 Å². The van der Waals surface area contributed by atoms with Crippen molar-refractivity contribution >= 4 is 29.0 Å². The van der Waals surface area contributed by atoms with Gasteiger partial charge in [0.15, 0.2) is 0 Å². The second kappa shape index (κ2) is 4.65. The Hall–Kier alpha value is -1.48. The number of rotatable bonds is 1. The first-order valence-corrected chi connectivity index (χ1v) is 6.47.